The lowest BCUT2D eigenvalue weighted by atomic mass is 10.2. The van der Waals surface area contributed by atoms with Crippen molar-refractivity contribution in [3.05, 3.63) is 18.2 Å². The normalized spacial score (nSPS) is 23.3. The van der Waals surface area contributed by atoms with Crippen molar-refractivity contribution < 1.29 is 17.9 Å². The van der Waals surface area contributed by atoms with Gasteiger partial charge in [0.05, 0.1) is 14.2 Å². The van der Waals surface area contributed by atoms with Gasteiger partial charge in [-0.15, -0.1) is 0 Å². The van der Waals surface area contributed by atoms with Crippen LogP contribution >= 0.6 is 0 Å². The molecule has 0 bridgehead atoms. The van der Waals surface area contributed by atoms with Crippen LogP contribution in [0.1, 0.15) is 12.8 Å². The van der Waals surface area contributed by atoms with Gasteiger partial charge in [0, 0.05) is 31.7 Å². The topological polar surface area (TPSA) is 59.1 Å². The van der Waals surface area contributed by atoms with Crippen LogP contribution in [-0.2, 0) is 10.0 Å². The predicted octanol–water partition coefficient (Wildman–Crippen LogP) is 1.17. The average Bonchev–Trinajstić information content (AvgIpc) is 3.01. The Bertz CT molecular complexity index is 647. The zero-order valence-corrected chi connectivity index (χ0v) is 13.8. The Labute approximate surface area is 131 Å². The Morgan fingerprint density at radius 3 is 2.68 bits per heavy atom. The smallest absolute Gasteiger partial charge is 0.246 e. The molecule has 2 fully saturated rings. The molecule has 122 valence electrons. The number of hydrogen-bond donors (Lipinski definition) is 0. The SMILES string of the molecule is COc1ccc(S(=O)(=O)N2CCN3CCC[C@H]3C2)c(OC)c1. The lowest BCUT2D eigenvalue weighted by Crippen LogP contribution is -2.51. The minimum Gasteiger partial charge on any atom is -0.497 e. The Kier molecular flexibility index (Phi) is 4.29. The molecule has 0 radical (unpaired) electrons. The second-order valence-electron chi connectivity index (χ2n) is 5.71. The van der Waals surface area contributed by atoms with E-state index in [1.54, 1.807) is 29.6 Å². The largest absolute Gasteiger partial charge is 0.497 e. The van der Waals surface area contributed by atoms with E-state index in [0.717, 1.165) is 25.9 Å². The van der Waals surface area contributed by atoms with Crippen molar-refractivity contribution in [2.45, 2.75) is 23.8 Å². The van der Waals surface area contributed by atoms with Crippen LogP contribution in [0.5, 0.6) is 11.5 Å². The summed E-state index contributed by atoms with van der Waals surface area (Å²) in [5.74, 6) is 0.907. The first-order chi connectivity index (χ1) is 10.6. The molecule has 0 aliphatic carbocycles. The quantitative estimate of drug-likeness (QED) is 0.831. The predicted molar refractivity (Wildman–Crippen MR) is 82.9 cm³/mol. The average molecular weight is 326 g/mol. The van der Waals surface area contributed by atoms with E-state index >= 15 is 0 Å². The van der Waals surface area contributed by atoms with Crippen LogP contribution in [0.15, 0.2) is 23.1 Å². The van der Waals surface area contributed by atoms with Crippen LogP contribution in [0.4, 0.5) is 0 Å². The Morgan fingerprint density at radius 1 is 1.14 bits per heavy atom. The number of nitrogens with zero attached hydrogens (tertiary/aromatic N) is 2. The first-order valence-electron chi connectivity index (χ1n) is 7.52. The fourth-order valence-electron chi connectivity index (χ4n) is 3.31. The third kappa shape index (κ3) is 2.68. The molecule has 2 saturated heterocycles. The van der Waals surface area contributed by atoms with Gasteiger partial charge in [0.25, 0.3) is 0 Å². The van der Waals surface area contributed by atoms with E-state index in [2.05, 4.69) is 4.90 Å². The fourth-order valence-corrected chi connectivity index (χ4v) is 4.91. The zero-order chi connectivity index (χ0) is 15.7. The third-order valence-electron chi connectivity index (χ3n) is 4.54. The van der Waals surface area contributed by atoms with Crippen LogP contribution in [0.25, 0.3) is 0 Å². The van der Waals surface area contributed by atoms with Crippen molar-refractivity contribution in [2.24, 2.45) is 0 Å². The highest BCUT2D eigenvalue weighted by molar-refractivity contribution is 7.89. The molecule has 2 heterocycles. The number of sulfonamides is 1. The summed E-state index contributed by atoms with van der Waals surface area (Å²) in [7, 11) is -0.524. The van der Waals surface area contributed by atoms with Gasteiger partial charge in [0.2, 0.25) is 10.0 Å². The van der Waals surface area contributed by atoms with Crippen molar-refractivity contribution >= 4 is 10.0 Å². The molecule has 0 amide bonds. The first-order valence-corrected chi connectivity index (χ1v) is 8.96. The highest BCUT2D eigenvalue weighted by atomic mass is 32.2. The van der Waals surface area contributed by atoms with Gasteiger partial charge in [0.1, 0.15) is 16.4 Å². The van der Waals surface area contributed by atoms with E-state index in [1.165, 1.54) is 7.11 Å². The van der Waals surface area contributed by atoms with E-state index in [-0.39, 0.29) is 4.90 Å². The summed E-state index contributed by atoms with van der Waals surface area (Å²) >= 11 is 0. The second-order valence-corrected chi connectivity index (χ2v) is 7.62. The molecule has 6 nitrogen and oxygen atoms in total. The van der Waals surface area contributed by atoms with Crippen LogP contribution in [0.2, 0.25) is 0 Å². The van der Waals surface area contributed by atoms with Crippen LogP contribution in [-0.4, -0.2) is 64.1 Å². The summed E-state index contributed by atoms with van der Waals surface area (Å²) in [6, 6.07) is 5.18. The molecule has 7 heteroatoms. The molecule has 22 heavy (non-hydrogen) atoms. The Balaban J connectivity index is 1.89. The van der Waals surface area contributed by atoms with Crippen LogP contribution in [0, 0.1) is 0 Å². The molecule has 0 N–H and O–H groups in total. The minimum absolute atomic E-state index is 0.210. The molecule has 2 aliphatic rings. The van der Waals surface area contributed by atoms with E-state index in [9.17, 15) is 8.42 Å². The number of rotatable bonds is 4. The number of ether oxygens (including phenoxy) is 2. The molecule has 0 saturated carbocycles. The third-order valence-corrected chi connectivity index (χ3v) is 6.44. The van der Waals surface area contributed by atoms with Crippen molar-refractivity contribution in [3.63, 3.8) is 0 Å². The summed E-state index contributed by atoms with van der Waals surface area (Å²) in [4.78, 5) is 2.60. The fraction of sp³-hybridized carbons (Fsp3) is 0.600. The summed E-state index contributed by atoms with van der Waals surface area (Å²) in [6.45, 7) is 3.00. The molecule has 3 rings (SSSR count). The van der Waals surface area contributed by atoms with E-state index in [4.69, 9.17) is 9.47 Å². The van der Waals surface area contributed by atoms with Crippen molar-refractivity contribution in [2.75, 3.05) is 40.4 Å². The number of methoxy groups -OCH3 is 2. The maximum absolute atomic E-state index is 12.9. The molecule has 2 aliphatic heterocycles. The lowest BCUT2D eigenvalue weighted by molar-refractivity contribution is 0.158. The Morgan fingerprint density at radius 2 is 1.95 bits per heavy atom. The molecule has 0 unspecified atom stereocenters. The van der Waals surface area contributed by atoms with Crippen LogP contribution in [0.3, 0.4) is 0 Å². The molecular formula is C15H22N2O4S. The number of hydrogen-bond acceptors (Lipinski definition) is 5. The minimum atomic E-state index is -3.54. The van der Waals surface area contributed by atoms with Gasteiger partial charge in [-0.3, -0.25) is 4.90 Å². The molecule has 1 atom stereocenters. The monoisotopic (exact) mass is 326 g/mol. The number of benzene rings is 1. The van der Waals surface area contributed by atoms with Gasteiger partial charge >= 0.3 is 0 Å². The lowest BCUT2D eigenvalue weighted by Gasteiger charge is -2.36. The van der Waals surface area contributed by atoms with Gasteiger partial charge in [0.15, 0.2) is 0 Å². The zero-order valence-electron chi connectivity index (χ0n) is 13.0. The maximum Gasteiger partial charge on any atom is 0.246 e. The first kappa shape index (κ1) is 15.6. The highest BCUT2D eigenvalue weighted by Crippen LogP contribution is 2.32. The molecule has 0 aromatic heterocycles. The summed E-state index contributed by atoms with van der Waals surface area (Å²) in [5.41, 5.74) is 0. The van der Waals surface area contributed by atoms with E-state index in [1.807, 2.05) is 0 Å². The highest BCUT2D eigenvalue weighted by Gasteiger charge is 2.37. The molecule has 1 aromatic carbocycles. The van der Waals surface area contributed by atoms with E-state index in [0.29, 0.717) is 30.6 Å². The maximum atomic E-state index is 12.9. The molecule has 1 aromatic rings. The molecular weight excluding hydrogens is 304 g/mol. The molecule has 0 spiro atoms. The Hall–Kier alpha value is -1.31. The number of piperazine rings is 1. The van der Waals surface area contributed by atoms with Crippen molar-refractivity contribution in [1.29, 1.82) is 0 Å². The van der Waals surface area contributed by atoms with E-state index < -0.39 is 10.0 Å². The van der Waals surface area contributed by atoms with Gasteiger partial charge < -0.3 is 9.47 Å². The van der Waals surface area contributed by atoms with Gasteiger partial charge in [-0.25, -0.2) is 8.42 Å². The van der Waals surface area contributed by atoms with Crippen molar-refractivity contribution in [1.82, 2.24) is 9.21 Å². The standard InChI is InChI=1S/C15H22N2O4S/c1-20-13-5-6-15(14(10-13)21-2)22(18,19)17-9-8-16-7-3-4-12(16)11-17/h5-6,10,12H,3-4,7-9,11H2,1-2H3/t12-/m0/s1. The summed E-state index contributed by atoms with van der Waals surface area (Å²) in [6.07, 6.45) is 2.23. The second kappa shape index (κ2) is 6.06. The van der Waals surface area contributed by atoms with Crippen molar-refractivity contribution in [3.8, 4) is 11.5 Å². The summed E-state index contributed by atoms with van der Waals surface area (Å²) in [5, 5.41) is 0. The van der Waals surface area contributed by atoms with Gasteiger partial charge in [-0.05, 0) is 31.5 Å². The van der Waals surface area contributed by atoms with Gasteiger partial charge in [-0.2, -0.15) is 4.31 Å². The van der Waals surface area contributed by atoms with Crippen LogP contribution < -0.4 is 9.47 Å². The van der Waals surface area contributed by atoms with Gasteiger partial charge in [-0.1, -0.05) is 0 Å². The number of fused-ring (bicyclic) bond motifs is 1. The summed E-state index contributed by atoms with van der Waals surface area (Å²) < 4.78 is 37.9.